The number of benzene rings is 6. The van der Waals surface area contributed by atoms with E-state index < -0.39 is 24.2 Å². The fourth-order valence-electron chi connectivity index (χ4n) is 10.0. The van der Waals surface area contributed by atoms with Gasteiger partial charge >= 0.3 is 0 Å². The van der Waals surface area contributed by atoms with Crippen molar-refractivity contribution in [1.29, 1.82) is 0 Å². The Morgan fingerprint density at radius 3 is 0.965 bits per heavy atom. The first-order valence-electron chi connectivity index (χ1n) is 21.3. The number of hydrogen-bond acceptors (Lipinski definition) is 2. The van der Waals surface area contributed by atoms with E-state index in [-0.39, 0.29) is 0 Å². The van der Waals surface area contributed by atoms with Crippen LogP contribution >= 0.6 is 24.2 Å². The van der Waals surface area contributed by atoms with Gasteiger partial charge in [-0.05, 0) is 107 Å². The van der Waals surface area contributed by atoms with Gasteiger partial charge in [0.1, 0.15) is 0 Å². The van der Waals surface area contributed by atoms with Gasteiger partial charge in [0.25, 0.3) is 0 Å². The summed E-state index contributed by atoms with van der Waals surface area (Å²) in [6, 6.07) is 69.5. The minimum absolute atomic E-state index is 0.498. The van der Waals surface area contributed by atoms with Gasteiger partial charge in [0, 0.05) is 36.3 Å². The molecule has 5 heteroatoms. The molecule has 2 aliphatic rings. The van der Waals surface area contributed by atoms with Gasteiger partial charge in [0.2, 0.25) is 0 Å². The van der Waals surface area contributed by atoms with Crippen LogP contribution in [0.1, 0.15) is 58.8 Å². The second kappa shape index (κ2) is 19.5. The fourth-order valence-corrected chi connectivity index (χ4v) is 19.2. The molecule has 0 heterocycles. The Balaban J connectivity index is 1.03. The quantitative estimate of drug-likeness (QED) is 0.107. The highest BCUT2D eigenvalue weighted by Crippen LogP contribution is 2.59. The molecule has 6 aromatic carbocycles. The van der Waals surface area contributed by atoms with Gasteiger partial charge in [-0.25, -0.2) is 4.44 Å². The minimum Gasteiger partial charge on any atom is -0.275 e. The third-order valence-electron chi connectivity index (χ3n) is 12.6. The number of rotatable bonds is 13. The first-order chi connectivity index (χ1) is 28.0. The number of nitrogens with zero attached hydrogens (tertiary/aromatic N) is 2. The summed E-state index contributed by atoms with van der Waals surface area (Å²) in [5, 5.41) is 8.72. The molecule has 0 amide bonds. The maximum absolute atomic E-state index is 3.07. The topological polar surface area (TPSA) is 6.48 Å². The molecule has 57 heavy (non-hydrogen) atoms. The Morgan fingerprint density at radius 1 is 0.386 bits per heavy atom. The monoisotopic (exact) mass is 804 g/mol. The van der Waals surface area contributed by atoms with Crippen molar-refractivity contribution >= 4 is 56.0 Å². The van der Waals surface area contributed by atoms with Gasteiger partial charge in [-0.1, -0.05) is 196 Å². The molecular formula is C52H59N2P3. The van der Waals surface area contributed by atoms with Crippen LogP contribution in [0, 0.1) is 23.7 Å². The highest BCUT2D eigenvalue weighted by molar-refractivity contribution is 7.84. The molecule has 6 atom stereocenters. The summed E-state index contributed by atoms with van der Waals surface area (Å²) in [5.41, 5.74) is 0. The lowest BCUT2D eigenvalue weighted by molar-refractivity contribution is 0.128. The molecule has 0 N–H and O–H groups in total. The van der Waals surface area contributed by atoms with Crippen LogP contribution in [0.2, 0.25) is 0 Å². The number of hydrogen-bond donors (Lipinski definition) is 0. The van der Waals surface area contributed by atoms with Crippen LogP contribution in [0.4, 0.5) is 0 Å². The molecule has 8 rings (SSSR count). The minimum atomic E-state index is -0.779. The van der Waals surface area contributed by atoms with Crippen molar-refractivity contribution in [1.82, 2.24) is 9.11 Å². The van der Waals surface area contributed by atoms with E-state index in [2.05, 4.69) is 212 Å². The molecule has 2 fully saturated rings. The van der Waals surface area contributed by atoms with E-state index in [1.165, 1.54) is 76.8 Å². The Hall–Kier alpha value is -3.47. The van der Waals surface area contributed by atoms with E-state index in [0.29, 0.717) is 23.9 Å². The van der Waals surface area contributed by atoms with Gasteiger partial charge in [-0.15, -0.1) is 0 Å². The zero-order chi connectivity index (χ0) is 39.0. The summed E-state index contributed by atoms with van der Waals surface area (Å²) >= 11 is 0. The van der Waals surface area contributed by atoms with Crippen LogP contribution < -0.4 is 31.8 Å². The Morgan fingerprint density at radius 2 is 0.667 bits per heavy atom. The highest BCUT2D eigenvalue weighted by Gasteiger charge is 2.42. The van der Waals surface area contributed by atoms with E-state index in [0.717, 1.165) is 11.8 Å². The molecular weight excluding hydrogens is 746 g/mol. The SMILES string of the molecule is CC1CC(CC2CCC(N(P(c3ccccc3)c3ccccc3)P(c3ccccc3)c3ccccc3)C(C)C2)CCC1N(C)P(c1ccccc1)c1ccccc1. The largest absolute Gasteiger partial charge is 0.275 e. The Bertz CT molecular complexity index is 1870. The van der Waals surface area contributed by atoms with Crippen molar-refractivity contribution in [3.63, 3.8) is 0 Å². The van der Waals surface area contributed by atoms with E-state index in [1.807, 2.05) is 0 Å². The zero-order valence-corrected chi connectivity index (χ0v) is 36.7. The van der Waals surface area contributed by atoms with Gasteiger partial charge < -0.3 is 0 Å². The fraction of sp³-hybridized carbons (Fsp3) is 0.308. The molecule has 2 nitrogen and oxygen atoms in total. The molecule has 0 bridgehead atoms. The first kappa shape index (κ1) is 40.3. The second-order valence-corrected chi connectivity index (χ2v) is 23.3. The van der Waals surface area contributed by atoms with E-state index in [4.69, 9.17) is 0 Å². The summed E-state index contributed by atoms with van der Waals surface area (Å²) in [4.78, 5) is 0. The summed E-state index contributed by atoms with van der Waals surface area (Å²) in [5.74, 6) is 2.93. The maximum Gasteiger partial charge on any atom is 0.0325 e. The van der Waals surface area contributed by atoms with Crippen molar-refractivity contribution in [3.05, 3.63) is 182 Å². The summed E-state index contributed by atoms with van der Waals surface area (Å²) < 4.78 is 5.85. The van der Waals surface area contributed by atoms with Crippen molar-refractivity contribution in [2.75, 3.05) is 7.05 Å². The van der Waals surface area contributed by atoms with Crippen molar-refractivity contribution in [3.8, 4) is 0 Å². The molecule has 6 unspecified atom stereocenters. The normalized spacial score (nSPS) is 22.7. The molecule has 2 aliphatic carbocycles. The second-order valence-electron chi connectivity index (χ2n) is 16.5. The lowest BCUT2D eigenvalue weighted by Crippen LogP contribution is -2.44. The molecule has 0 spiro atoms. The van der Waals surface area contributed by atoms with Crippen LogP contribution in [0.3, 0.4) is 0 Å². The standard InChI is InChI=1S/C52H59N2P3/c1-41-38-43(34-36-51(41)53(3)55(45-22-10-4-11-23-45)46-24-12-5-13-25-46)40-44-35-37-52(42(2)39-44)54(56(47-26-14-6-15-27-47)48-28-16-7-17-29-48)57(49-30-18-8-19-31-49)50-32-20-9-21-33-50/h4-33,41-44,51-52H,34-40H2,1-3H3. The summed E-state index contributed by atoms with van der Waals surface area (Å²) in [6.07, 6.45) is 9.30. The first-order valence-corrected chi connectivity index (χ1v) is 25.2. The summed E-state index contributed by atoms with van der Waals surface area (Å²) in [7, 11) is 0.304. The zero-order valence-electron chi connectivity index (χ0n) is 34.0. The average molecular weight is 805 g/mol. The van der Waals surface area contributed by atoms with Crippen LogP contribution in [0.25, 0.3) is 0 Å². The summed E-state index contributed by atoms with van der Waals surface area (Å²) in [6.45, 7) is 5.15. The smallest absolute Gasteiger partial charge is 0.0325 e. The van der Waals surface area contributed by atoms with E-state index in [1.54, 1.807) is 0 Å². The Kier molecular flexibility index (Phi) is 13.8. The lowest BCUT2D eigenvalue weighted by atomic mass is 9.71. The van der Waals surface area contributed by atoms with Gasteiger partial charge in [0.05, 0.1) is 0 Å². The lowest BCUT2D eigenvalue weighted by Gasteiger charge is -2.49. The van der Waals surface area contributed by atoms with Gasteiger partial charge in [0.15, 0.2) is 0 Å². The van der Waals surface area contributed by atoms with Crippen LogP contribution in [0.5, 0.6) is 0 Å². The predicted molar refractivity (Wildman–Crippen MR) is 252 cm³/mol. The molecule has 292 valence electrons. The van der Waals surface area contributed by atoms with Gasteiger partial charge in [-0.3, -0.25) is 4.67 Å². The highest BCUT2D eigenvalue weighted by atomic mass is 31.2. The predicted octanol–water partition coefficient (Wildman–Crippen LogP) is 11.4. The molecule has 0 saturated heterocycles. The van der Waals surface area contributed by atoms with E-state index >= 15 is 0 Å². The molecule has 0 aliphatic heterocycles. The van der Waals surface area contributed by atoms with E-state index in [9.17, 15) is 0 Å². The van der Waals surface area contributed by atoms with Crippen molar-refractivity contribution < 1.29 is 0 Å². The van der Waals surface area contributed by atoms with Crippen molar-refractivity contribution in [2.24, 2.45) is 23.7 Å². The molecule has 0 aromatic heterocycles. The molecule has 2 saturated carbocycles. The van der Waals surface area contributed by atoms with Gasteiger partial charge in [-0.2, -0.15) is 0 Å². The Labute approximate surface area is 347 Å². The van der Waals surface area contributed by atoms with Crippen LogP contribution in [-0.2, 0) is 0 Å². The van der Waals surface area contributed by atoms with Crippen LogP contribution in [0.15, 0.2) is 182 Å². The molecule has 0 radical (unpaired) electrons. The third-order valence-corrected chi connectivity index (χ3v) is 20.8. The molecule has 6 aromatic rings. The maximum atomic E-state index is 3.07. The van der Waals surface area contributed by atoms with Crippen LogP contribution in [-0.4, -0.2) is 28.2 Å². The van der Waals surface area contributed by atoms with Crippen molar-refractivity contribution in [2.45, 2.75) is 70.9 Å². The average Bonchev–Trinajstić information content (AvgIpc) is 3.26. The third kappa shape index (κ3) is 9.55.